The van der Waals surface area contributed by atoms with Gasteiger partial charge < -0.3 is 15.6 Å². The van der Waals surface area contributed by atoms with E-state index in [1.54, 1.807) is 6.07 Å². The fourth-order valence-electron chi connectivity index (χ4n) is 1.72. The number of primary amides is 1. The van der Waals surface area contributed by atoms with Gasteiger partial charge in [-0.3, -0.25) is 9.69 Å². The van der Waals surface area contributed by atoms with Crippen molar-refractivity contribution in [2.75, 3.05) is 13.7 Å². The molecule has 7 nitrogen and oxygen atoms in total. The number of carbonyl (C=O) groups is 2. The second-order valence-corrected chi connectivity index (χ2v) is 4.02. The number of nitrogens with two attached hydrogens (primary N) is 1. The molecule has 96 valence electrons. The summed E-state index contributed by atoms with van der Waals surface area (Å²) >= 11 is 0. The topological polar surface area (TPSA) is 106 Å². The van der Waals surface area contributed by atoms with Gasteiger partial charge in [0, 0.05) is 18.7 Å². The van der Waals surface area contributed by atoms with E-state index in [4.69, 9.17) is 15.6 Å². The van der Waals surface area contributed by atoms with Crippen molar-refractivity contribution < 1.29 is 19.4 Å². The number of pyridine rings is 1. The highest BCUT2D eigenvalue weighted by atomic mass is 16.5. The quantitative estimate of drug-likeness (QED) is 0.681. The van der Waals surface area contributed by atoms with Crippen molar-refractivity contribution in [1.29, 1.82) is 0 Å². The summed E-state index contributed by atoms with van der Waals surface area (Å²) in [4.78, 5) is 27.4. The zero-order valence-corrected chi connectivity index (χ0v) is 9.79. The molecule has 1 aliphatic rings. The number of carbonyl (C=O) groups excluding carboxylic acids is 1. The molecule has 2 unspecified atom stereocenters. The first-order chi connectivity index (χ1) is 8.52. The van der Waals surface area contributed by atoms with Crippen LogP contribution in [0.1, 0.15) is 16.1 Å². The molecule has 0 bridgehead atoms. The number of hydrogen-bond acceptors (Lipinski definition) is 5. The summed E-state index contributed by atoms with van der Waals surface area (Å²) in [6.45, 7) is 1.07. The van der Waals surface area contributed by atoms with Crippen molar-refractivity contribution in [3.05, 3.63) is 23.4 Å². The zero-order chi connectivity index (χ0) is 13.3. The Kier molecular flexibility index (Phi) is 3.15. The number of hydrogen-bond donors (Lipinski definition) is 2. The maximum atomic E-state index is 10.9. The zero-order valence-electron chi connectivity index (χ0n) is 9.79. The molecule has 1 aliphatic heterocycles. The van der Waals surface area contributed by atoms with Crippen LogP contribution in [0.15, 0.2) is 12.1 Å². The first-order valence-corrected chi connectivity index (χ1v) is 5.33. The average Bonchev–Trinajstić information content (AvgIpc) is 3.08. The fourth-order valence-corrected chi connectivity index (χ4v) is 1.72. The van der Waals surface area contributed by atoms with E-state index in [2.05, 4.69) is 4.98 Å². The van der Waals surface area contributed by atoms with Crippen LogP contribution in [0.4, 0.5) is 0 Å². The van der Waals surface area contributed by atoms with Crippen LogP contribution >= 0.6 is 0 Å². The standard InChI is InChI=1S/C11H13N3O4/c1-18-10-6(2-3-7(13-10)11(16)17)4-14-5-8(14)9(12)15/h2-3,8H,4-5H2,1H3,(H2,12,15)(H,16,17). The van der Waals surface area contributed by atoms with Gasteiger partial charge in [-0.2, -0.15) is 0 Å². The van der Waals surface area contributed by atoms with E-state index in [9.17, 15) is 9.59 Å². The van der Waals surface area contributed by atoms with Gasteiger partial charge in [0.15, 0.2) is 5.69 Å². The molecule has 0 aliphatic carbocycles. The number of carboxylic acid groups (broad SMARTS) is 1. The number of carboxylic acids is 1. The van der Waals surface area contributed by atoms with E-state index >= 15 is 0 Å². The second kappa shape index (κ2) is 4.61. The Bertz CT molecular complexity index is 503. The Hall–Kier alpha value is -2.15. The summed E-state index contributed by atoms with van der Waals surface area (Å²) in [6, 6.07) is 2.79. The van der Waals surface area contributed by atoms with Gasteiger partial charge in [-0.25, -0.2) is 9.78 Å². The number of rotatable bonds is 5. The van der Waals surface area contributed by atoms with E-state index in [-0.39, 0.29) is 23.5 Å². The molecule has 0 saturated carbocycles. The predicted molar refractivity (Wildman–Crippen MR) is 61.1 cm³/mol. The van der Waals surface area contributed by atoms with E-state index < -0.39 is 5.97 Å². The van der Waals surface area contributed by atoms with Gasteiger partial charge in [0.2, 0.25) is 11.8 Å². The van der Waals surface area contributed by atoms with Gasteiger partial charge in [-0.1, -0.05) is 0 Å². The largest absolute Gasteiger partial charge is 0.481 e. The molecule has 3 N–H and O–H groups in total. The van der Waals surface area contributed by atoms with Crippen molar-refractivity contribution in [2.24, 2.45) is 5.73 Å². The maximum absolute atomic E-state index is 10.9. The first kappa shape index (κ1) is 12.3. The number of amides is 1. The summed E-state index contributed by atoms with van der Waals surface area (Å²) in [6.07, 6.45) is 0. The third kappa shape index (κ3) is 2.40. The van der Waals surface area contributed by atoms with E-state index in [0.717, 1.165) is 5.56 Å². The molecule has 7 heteroatoms. The molecule has 1 amide bonds. The Morgan fingerprint density at radius 1 is 1.61 bits per heavy atom. The van der Waals surface area contributed by atoms with Gasteiger partial charge >= 0.3 is 5.97 Å². The van der Waals surface area contributed by atoms with Crippen LogP contribution in [0.3, 0.4) is 0 Å². The average molecular weight is 251 g/mol. The normalized spacial score (nSPS) is 21.4. The van der Waals surface area contributed by atoms with Gasteiger partial charge in [0.05, 0.1) is 7.11 Å². The third-order valence-corrected chi connectivity index (χ3v) is 2.77. The summed E-state index contributed by atoms with van der Waals surface area (Å²) in [5.41, 5.74) is 5.82. The number of aromatic carboxylic acids is 1. The summed E-state index contributed by atoms with van der Waals surface area (Å²) < 4.78 is 5.04. The predicted octanol–water partition coefficient (Wildman–Crippen LogP) is -0.542. The minimum Gasteiger partial charge on any atom is -0.481 e. The van der Waals surface area contributed by atoms with Crippen LogP contribution in [0.2, 0.25) is 0 Å². The maximum Gasteiger partial charge on any atom is 0.354 e. The smallest absolute Gasteiger partial charge is 0.354 e. The highest BCUT2D eigenvalue weighted by Gasteiger charge is 2.39. The number of nitrogens with zero attached hydrogens (tertiary/aromatic N) is 2. The minimum absolute atomic E-state index is 0.0761. The monoisotopic (exact) mass is 251 g/mol. The fraction of sp³-hybridized carbons (Fsp3) is 0.364. The van der Waals surface area contributed by atoms with Crippen LogP contribution in [-0.4, -0.2) is 46.6 Å². The van der Waals surface area contributed by atoms with Crippen molar-refractivity contribution in [2.45, 2.75) is 12.6 Å². The molecule has 1 fully saturated rings. The Morgan fingerprint density at radius 3 is 2.83 bits per heavy atom. The first-order valence-electron chi connectivity index (χ1n) is 5.33. The van der Waals surface area contributed by atoms with Crippen LogP contribution in [0.5, 0.6) is 5.88 Å². The van der Waals surface area contributed by atoms with Crippen LogP contribution in [0.25, 0.3) is 0 Å². The number of aromatic nitrogens is 1. The lowest BCUT2D eigenvalue weighted by molar-refractivity contribution is -0.118. The van der Waals surface area contributed by atoms with Crippen molar-refractivity contribution in [3.63, 3.8) is 0 Å². The summed E-state index contributed by atoms with van der Waals surface area (Å²) in [5, 5.41) is 8.82. The number of methoxy groups -OCH3 is 1. The molecule has 0 aromatic carbocycles. The van der Waals surface area contributed by atoms with Gasteiger partial charge in [-0.15, -0.1) is 0 Å². The molecule has 18 heavy (non-hydrogen) atoms. The third-order valence-electron chi connectivity index (χ3n) is 2.77. The molecular formula is C11H13N3O4. The van der Waals surface area contributed by atoms with Crippen LogP contribution in [-0.2, 0) is 11.3 Å². The molecule has 1 aromatic rings. The Balaban J connectivity index is 2.14. The van der Waals surface area contributed by atoms with Crippen molar-refractivity contribution in [3.8, 4) is 5.88 Å². The molecule has 1 aromatic heterocycles. The second-order valence-electron chi connectivity index (χ2n) is 4.02. The molecular weight excluding hydrogens is 238 g/mol. The molecule has 2 rings (SSSR count). The Morgan fingerprint density at radius 2 is 2.33 bits per heavy atom. The van der Waals surface area contributed by atoms with Crippen LogP contribution in [0, 0.1) is 0 Å². The SMILES string of the molecule is COc1nc(C(=O)O)ccc1CN1CC1C(N)=O. The highest BCUT2D eigenvalue weighted by Crippen LogP contribution is 2.25. The number of ether oxygens (including phenoxy) is 1. The van der Waals surface area contributed by atoms with E-state index in [0.29, 0.717) is 13.1 Å². The van der Waals surface area contributed by atoms with E-state index in [1.807, 2.05) is 4.90 Å². The Labute approximate surface area is 103 Å². The summed E-state index contributed by atoms with van der Waals surface area (Å²) in [5.74, 6) is -1.21. The summed E-state index contributed by atoms with van der Waals surface area (Å²) in [7, 11) is 1.42. The van der Waals surface area contributed by atoms with Gasteiger partial charge in [-0.05, 0) is 12.1 Å². The lowest BCUT2D eigenvalue weighted by Crippen LogP contribution is -2.21. The minimum atomic E-state index is -1.11. The molecule has 2 atom stereocenters. The molecule has 0 spiro atoms. The van der Waals surface area contributed by atoms with Crippen LogP contribution < -0.4 is 10.5 Å². The lowest BCUT2D eigenvalue weighted by atomic mass is 10.2. The van der Waals surface area contributed by atoms with Crippen molar-refractivity contribution in [1.82, 2.24) is 9.88 Å². The van der Waals surface area contributed by atoms with Crippen molar-refractivity contribution >= 4 is 11.9 Å². The lowest BCUT2D eigenvalue weighted by Gasteiger charge is -2.08. The van der Waals surface area contributed by atoms with Gasteiger partial charge in [0.25, 0.3) is 0 Å². The van der Waals surface area contributed by atoms with E-state index in [1.165, 1.54) is 13.2 Å². The van der Waals surface area contributed by atoms with Gasteiger partial charge in [0.1, 0.15) is 6.04 Å². The molecule has 2 heterocycles. The molecule has 1 saturated heterocycles. The molecule has 0 radical (unpaired) electrons. The highest BCUT2D eigenvalue weighted by molar-refractivity contribution is 5.85.